The SMILES string of the molecule is CCc1cccc(CC)c1NC(=O)N1CCCC(Nc2cc(NC(=O)c3ccc(C(C)(C)C)cc3)ccc2C(N)=O)C1. The molecule has 1 heterocycles. The predicted octanol–water partition coefficient (Wildman–Crippen LogP) is 6.57. The number of benzene rings is 3. The summed E-state index contributed by atoms with van der Waals surface area (Å²) in [6.45, 7) is 11.7. The topological polar surface area (TPSA) is 117 Å². The van der Waals surface area contributed by atoms with Crippen molar-refractivity contribution in [3.8, 4) is 0 Å². The van der Waals surface area contributed by atoms with Crippen molar-refractivity contribution in [3.05, 3.63) is 88.5 Å². The first-order valence-electron chi connectivity index (χ1n) is 14.8. The van der Waals surface area contributed by atoms with Crippen LogP contribution in [0.4, 0.5) is 21.9 Å². The van der Waals surface area contributed by atoms with E-state index in [4.69, 9.17) is 5.73 Å². The van der Waals surface area contributed by atoms with Crippen LogP contribution in [0.25, 0.3) is 0 Å². The highest BCUT2D eigenvalue weighted by Crippen LogP contribution is 2.27. The summed E-state index contributed by atoms with van der Waals surface area (Å²) in [6.07, 6.45) is 3.30. The molecule has 0 radical (unpaired) electrons. The molecule has 3 aromatic carbocycles. The van der Waals surface area contributed by atoms with Crippen molar-refractivity contribution < 1.29 is 14.4 Å². The lowest BCUT2D eigenvalue weighted by Crippen LogP contribution is -2.47. The Labute approximate surface area is 249 Å². The fourth-order valence-corrected chi connectivity index (χ4v) is 5.37. The highest BCUT2D eigenvalue weighted by molar-refractivity contribution is 6.05. The summed E-state index contributed by atoms with van der Waals surface area (Å²) in [7, 11) is 0. The second kappa shape index (κ2) is 13.1. The van der Waals surface area contributed by atoms with Gasteiger partial charge in [-0.05, 0) is 78.1 Å². The van der Waals surface area contributed by atoms with E-state index in [1.54, 1.807) is 18.2 Å². The number of nitrogens with two attached hydrogens (primary N) is 1. The van der Waals surface area contributed by atoms with Gasteiger partial charge in [-0.2, -0.15) is 0 Å². The zero-order valence-electron chi connectivity index (χ0n) is 25.3. The van der Waals surface area contributed by atoms with Crippen LogP contribution in [-0.4, -0.2) is 41.9 Å². The van der Waals surface area contributed by atoms with Crippen LogP contribution in [0.2, 0.25) is 0 Å². The summed E-state index contributed by atoms with van der Waals surface area (Å²) in [5, 5.41) is 9.52. The molecule has 1 aliphatic heterocycles. The van der Waals surface area contributed by atoms with Gasteiger partial charge in [0.05, 0.1) is 5.56 Å². The monoisotopic (exact) mass is 569 g/mol. The fourth-order valence-electron chi connectivity index (χ4n) is 5.37. The minimum Gasteiger partial charge on any atom is -0.380 e. The Hall–Kier alpha value is -4.33. The van der Waals surface area contributed by atoms with Gasteiger partial charge in [-0.3, -0.25) is 9.59 Å². The first kappa shape index (κ1) is 30.6. The molecule has 0 bridgehead atoms. The van der Waals surface area contributed by atoms with Gasteiger partial charge in [-0.15, -0.1) is 0 Å². The molecule has 0 aliphatic carbocycles. The van der Waals surface area contributed by atoms with Crippen molar-refractivity contribution in [1.82, 2.24) is 4.90 Å². The van der Waals surface area contributed by atoms with Gasteiger partial charge in [0.2, 0.25) is 0 Å². The van der Waals surface area contributed by atoms with E-state index < -0.39 is 5.91 Å². The average Bonchev–Trinajstić information content (AvgIpc) is 2.97. The zero-order valence-corrected chi connectivity index (χ0v) is 25.3. The lowest BCUT2D eigenvalue weighted by Gasteiger charge is -2.34. The van der Waals surface area contributed by atoms with Crippen LogP contribution in [0.5, 0.6) is 0 Å². The van der Waals surface area contributed by atoms with Gasteiger partial charge < -0.3 is 26.6 Å². The number of nitrogens with one attached hydrogen (secondary N) is 3. The van der Waals surface area contributed by atoms with Crippen molar-refractivity contribution in [1.29, 1.82) is 0 Å². The number of likely N-dealkylation sites (tertiary alicyclic amines) is 1. The van der Waals surface area contributed by atoms with Crippen molar-refractivity contribution >= 4 is 34.9 Å². The molecule has 0 saturated carbocycles. The number of carbonyl (C=O) groups excluding carboxylic acids is 3. The maximum atomic E-state index is 13.3. The lowest BCUT2D eigenvalue weighted by atomic mass is 9.87. The number of hydrogen-bond donors (Lipinski definition) is 4. The number of rotatable bonds is 8. The van der Waals surface area contributed by atoms with Crippen LogP contribution in [0.1, 0.15) is 84.9 Å². The van der Waals surface area contributed by atoms with E-state index in [9.17, 15) is 14.4 Å². The molecule has 1 unspecified atom stereocenters. The molecule has 4 rings (SSSR count). The van der Waals surface area contributed by atoms with Crippen LogP contribution in [-0.2, 0) is 18.3 Å². The smallest absolute Gasteiger partial charge is 0.321 e. The number of aryl methyl sites for hydroxylation is 2. The molecular formula is C34H43N5O3. The van der Waals surface area contributed by atoms with Crippen molar-refractivity contribution in [3.63, 3.8) is 0 Å². The van der Waals surface area contributed by atoms with E-state index in [-0.39, 0.29) is 23.4 Å². The zero-order chi connectivity index (χ0) is 30.4. The number of hydrogen-bond acceptors (Lipinski definition) is 4. The van der Waals surface area contributed by atoms with E-state index in [1.165, 1.54) is 0 Å². The van der Waals surface area contributed by atoms with E-state index >= 15 is 0 Å². The summed E-state index contributed by atoms with van der Waals surface area (Å²) >= 11 is 0. The Bertz CT molecular complexity index is 1420. The molecule has 0 aromatic heterocycles. The summed E-state index contributed by atoms with van der Waals surface area (Å²) in [5.74, 6) is -0.811. The molecule has 42 heavy (non-hydrogen) atoms. The molecule has 8 heteroatoms. The van der Waals surface area contributed by atoms with E-state index in [0.717, 1.165) is 48.1 Å². The first-order valence-corrected chi connectivity index (χ1v) is 14.8. The van der Waals surface area contributed by atoms with Gasteiger partial charge in [0.15, 0.2) is 0 Å². The summed E-state index contributed by atoms with van der Waals surface area (Å²) in [6, 6.07) is 18.5. The van der Waals surface area contributed by atoms with E-state index in [1.807, 2.05) is 47.4 Å². The van der Waals surface area contributed by atoms with Crippen LogP contribution < -0.4 is 21.7 Å². The van der Waals surface area contributed by atoms with Crippen molar-refractivity contribution in [2.24, 2.45) is 5.73 Å². The van der Waals surface area contributed by atoms with Gasteiger partial charge >= 0.3 is 6.03 Å². The number of carbonyl (C=O) groups is 3. The molecule has 0 spiro atoms. The van der Waals surface area contributed by atoms with E-state index in [0.29, 0.717) is 35.6 Å². The third-order valence-electron chi connectivity index (χ3n) is 7.86. The molecule has 1 aliphatic rings. The molecule has 222 valence electrons. The Kier molecular flexibility index (Phi) is 9.55. The molecule has 1 saturated heterocycles. The predicted molar refractivity (Wildman–Crippen MR) is 170 cm³/mol. The average molecular weight is 570 g/mol. The maximum absolute atomic E-state index is 13.3. The summed E-state index contributed by atoms with van der Waals surface area (Å²) in [4.78, 5) is 40.4. The maximum Gasteiger partial charge on any atom is 0.321 e. The van der Waals surface area contributed by atoms with Crippen LogP contribution in [0, 0.1) is 0 Å². The van der Waals surface area contributed by atoms with Crippen molar-refractivity contribution in [2.45, 2.75) is 71.8 Å². The molecular weight excluding hydrogens is 526 g/mol. The van der Waals surface area contributed by atoms with Crippen LogP contribution in [0.3, 0.4) is 0 Å². The number of anilines is 3. The molecule has 8 nitrogen and oxygen atoms in total. The van der Waals surface area contributed by atoms with Gasteiger partial charge in [0.1, 0.15) is 0 Å². The third kappa shape index (κ3) is 7.29. The Morgan fingerprint density at radius 2 is 1.60 bits per heavy atom. The summed E-state index contributed by atoms with van der Waals surface area (Å²) in [5.41, 5.74) is 11.9. The lowest BCUT2D eigenvalue weighted by molar-refractivity contribution is 0.0998. The fraction of sp³-hybridized carbons (Fsp3) is 0.382. The minimum absolute atomic E-state index is 0.00597. The molecule has 4 amide bonds. The number of amides is 4. The largest absolute Gasteiger partial charge is 0.380 e. The van der Waals surface area contributed by atoms with Gasteiger partial charge in [0.25, 0.3) is 11.8 Å². The minimum atomic E-state index is -0.568. The number of nitrogens with zero attached hydrogens (tertiary/aromatic N) is 1. The number of piperidine rings is 1. The number of urea groups is 1. The molecule has 3 aromatic rings. The number of primary amides is 1. The third-order valence-corrected chi connectivity index (χ3v) is 7.86. The standard InChI is InChI=1S/C34H43N5O3/c1-6-22-10-8-11-23(7-2)30(22)38-33(42)39-19-9-12-27(21-39)36-29-20-26(17-18-28(29)31(35)40)37-32(41)24-13-15-25(16-14-24)34(3,4)5/h8,10-11,13-18,20,27,36H,6-7,9,12,19,21H2,1-5H3,(H2,35,40)(H,37,41)(H,38,42). The van der Waals surface area contributed by atoms with Crippen LogP contribution >= 0.6 is 0 Å². The Morgan fingerprint density at radius 3 is 2.19 bits per heavy atom. The number of para-hydroxylation sites is 1. The Balaban J connectivity index is 1.47. The molecule has 1 atom stereocenters. The van der Waals surface area contributed by atoms with Crippen LogP contribution in [0.15, 0.2) is 60.7 Å². The molecule has 5 N–H and O–H groups in total. The summed E-state index contributed by atoms with van der Waals surface area (Å²) < 4.78 is 0. The highest BCUT2D eigenvalue weighted by atomic mass is 16.2. The van der Waals surface area contributed by atoms with Gasteiger partial charge in [-0.1, -0.05) is 65.0 Å². The second-order valence-electron chi connectivity index (χ2n) is 11.9. The Morgan fingerprint density at radius 1 is 0.929 bits per heavy atom. The quantitative estimate of drug-likeness (QED) is 0.246. The van der Waals surface area contributed by atoms with Gasteiger partial charge in [-0.25, -0.2) is 4.79 Å². The molecule has 1 fully saturated rings. The first-order chi connectivity index (χ1) is 20.0. The van der Waals surface area contributed by atoms with E-state index in [2.05, 4.69) is 50.6 Å². The normalized spacial score (nSPS) is 15.2. The highest BCUT2D eigenvalue weighted by Gasteiger charge is 2.26. The van der Waals surface area contributed by atoms with Crippen molar-refractivity contribution in [2.75, 3.05) is 29.0 Å². The second-order valence-corrected chi connectivity index (χ2v) is 11.9. The van der Waals surface area contributed by atoms with Gasteiger partial charge in [0, 0.05) is 41.8 Å².